The van der Waals surface area contributed by atoms with Gasteiger partial charge in [-0.2, -0.15) is 0 Å². The fourth-order valence-corrected chi connectivity index (χ4v) is 3.25. The summed E-state index contributed by atoms with van der Waals surface area (Å²) in [7, 11) is 2.84. The maximum Gasteiger partial charge on any atom is 0.332 e. The molecule has 0 fully saturated rings. The van der Waals surface area contributed by atoms with Crippen molar-refractivity contribution in [1.82, 2.24) is 19.1 Å². The predicted octanol–water partition coefficient (Wildman–Crippen LogP) is 1.25. The lowest BCUT2D eigenvalue weighted by atomic mass is 10.3. The van der Waals surface area contributed by atoms with Gasteiger partial charge in [0.1, 0.15) is 0 Å². The van der Waals surface area contributed by atoms with Gasteiger partial charge < -0.3 is 10.3 Å². The van der Waals surface area contributed by atoms with Crippen molar-refractivity contribution in [1.29, 1.82) is 0 Å². The monoisotopic (exact) mass is 424 g/mol. The molecule has 0 saturated heterocycles. The van der Waals surface area contributed by atoms with Crippen LogP contribution in [0.1, 0.15) is 0 Å². The second-order valence-electron chi connectivity index (χ2n) is 5.70. The molecule has 0 atom stereocenters. The second-order valence-corrected chi connectivity index (χ2v) is 7.08. The number of thioether (sulfide) groups is 1. The van der Waals surface area contributed by atoms with E-state index in [1.165, 1.54) is 30.8 Å². The van der Waals surface area contributed by atoms with Gasteiger partial charge in [-0.3, -0.25) is 28.8 Å². The highest BCUT2D eigenvalue weighted by Gasteiger charge is 2.16. The molecule has 28 heavy (non-hydrogen) atoms. The molecule has 146 valence electrons. The molecule has 0 spiro atoms. The van der Waals surface area contributed by atoms with Crippen LogP contribution in [0.2, 0.25) is 5.02 Å². The Morgan fingerprint density at radius 1 is 1.36 bits per heavy atom. The summed E-state index contributed by atoms with van der Waals surface area (Å²) in [5.41, 5.74) is -0.806. The van der Waals surface area contributed by atoms with Crippen LogP contribution in [-0.2, 0) is 18.9 Å². The van der Waals surface area contributed by atoms with E-state index in [4.69, 9.17) is 11.6 Å². The molecule has 1 aromatic carbocycles. The van der Waals surface area contributed by atoms with Gasteiger partial charge in [0.05, 0.1) is 21.4 Å². The van der Waals surface area contributed by atoms with Crippen LogP contribution in [0.5, 0.6) is 0 Å². The Balaban J connectivity index is 1.77. The van der Waals surface area contributed by atoms with Gasteiger partial charge in [0.25, 0.3) is 11.2 Å². The highest BCUT2D eigenvalue weighted by Crippen LogP contribution is 2.27. The van der Waals surface area contributed by atoms with E-state index >= 15 is 0 Å². The SMILES string of the molecule is Cn1c(=O)c2[nH]c(SCC(=O)Nc3cc([N+](=O)[O-])ccc3Cl)nc2n(C)c1=O. The normalized spacial score (nSPS) is 11.0. The third-order valence-electron chi connectivity index (χ3n) is 3.85. The number of nitro groups is 1. The lowest BCUT2D eigenvalue weighted by molar-refractivity contribution is -0.384. The van der Waals surface area contributed by atoms with Crippen molar-refractivity contribution >= 4 is 51.8 Å². The number of fused-ring (bicyclic) bond motifs is 1. The largest absolute Gasteiger partial charge is 0.332 e. The smallest absolute Gasteiger partial charge is 0.327 e. The van der Waals surface area contributed by atoms with Crippen LogP contribution in [-0.4, -0.2) is 35.7 Å². The van der Waals surface area contributed by atoms with Crippen LogP contribution in [0, 0.1) is 10.1 Å². The Hall–Kier alpha value is -3.12. The van der Waals surface area contributed by atoms with Crippen molar-refractivity contribution in [3.63, 3.8) is 0 Å². The Morgan fingerprint density at radius 3 is 2.75 bits per heavy atom. The zero-order valence-electron chi connectivity index (χ0n) is 14.6. The zero-order chi connectivity index (χ0) is 20.6. The number of non-ortho nitro benzene ring substituents is 1. The average molecular weight is 425 g/mol. The van der Waals surface area contributed by atoms with E-state index in [1.807, 2.05) is 0 Å². The van der Waals surface area contributed by atoms with Crippen molar-refractivity contribution in [3.05, 3.63) is 54.2 Å². The van der Waals surface area contributed by atoms with E-state index in [0.717, 1.165) is 22.4 Å². The molecule has 11 nitrogen and oxygen atoms in total. The zero-order valence-corrected chi connectivity index (χ0v) is 16.1. The number of nitrogens with zero attached hydrogens (tertiary/aromatic N) is 4. The summed E-state index contributed by atoms with van der Waals surface area (Å²) < 4.78 is 2.17. The number of halogens is 1. The van der Waals surface area contributed by atoms with Crippen molar-refractivity contribution in [2.24, 2.45) is 14.1 Å². The number of aromatic amines is 1. The van der Waals surface area contributed by atoms with Crippen LogP contribution >= 0.6 is 23.4 Å². The molecular weight excluding hydrogens is 412 g/mol. The van der Waals surface area contributed by atoms with Crippen molar-refractivity contribution in [2.45, 2.75) is 5.16 Å². The second kappa shape index (κ2) is 7.48. The Labute approximate surface area is 165 Å². The summed E-state index contributed by atoms with van der Waals surface area (Å²) >= 11 is 6.95. The summed E-state index contributed by atoms with van der Waals surface area (Å²) in [6, 6.07) is 3.70. The topological polar surface area (TPSA) is 145 Å². The summed E-state index contributed by atoms with van der Waals surface area (Å²) in [6.07, 6.45) is 0. The van der Waals surface area contributed by atoms with Crippen LogP contribution in [0.25, 0.3) is 11.2 Å². The number of hydrogen-bond acceptors (Lipinski definition) is 7. The van der Waals surface area contributed by atoms with E-state index in [9.17, 15) is 24.5 Å². The number of benzene rings is 1. The van der Waals surface area contributed by atoms with Gasteiger partial charge in [0.2, 0.25) is 5.91 Å². The number of H-pyrrole nitrogens is 1. The third-order valence-corrected chi connectivity index (χ3v) is 5.05. The standard InChI is InChI=1S/C15H13ClN6O5S/c1-20-12-11(13(24)21(2)15(20)25)18-14(19-12)28-6-10(23)17-9-5-7(22(26)27)3-4-8(9)16/h3-5H,6H2,1-2H3,(H,17,23)(H,18,19). The molecular formula is C15H13ClN6O5S. The average Bonchev–Trinajstić information content (AvgIpc) is 3.09. The number of carbonyl (C=O) groups is 1. The van der Waals surface area contributed by atoms with Crippen molar-refractivity contribution in [3.8, 4) is 0 Å². The number of imidazole rings is 1. The number of nitrogens with one attached hydrogen (secondary N) is 2. The lowest BCUT2D eigenvalue weighted by Crippen LogP contribution is -2.36. The number of carbonyl (C=O) groups excluding carboxylic acids is 1. The summed E-state index contributed by atoms with van der Waals surface area (Å²) in [6.45, 7) is 0. The molecule has 2 aromatic heterocycles. The molecule has 0 unspecified atom stereocenters. The van der Waals surface area contributed by atoms with Gasteiger partial charge in [-0.05, 0) is 6.07 Å². The number of amides is 1. The van der Waals surface area contributed by atoms with E-state index < -0.39 is 22.1 Å². The summed E-state index contributed by atoms with van der Waals surface area (Å²) in [4.78, 5) is 53.4. The van der Waals surface area contributed by atoms with Gasteiger partial charge in [0, 0.05) is 26.2 Å². The van der Waals surface area contributed by atoms with Crippen molar-refractivity contribution < 1.29 is 9.72 Å². The molecule has 1 amide bonds. The maximum atomic E-state index is 12.2. The number of nitro benzene ring substituents is 1. The first-order chi connectivity index (χ1) is 13.2. The Morgan fingerprint density at radius 2 is 2.07 bits per heavy atom. The van der Waals surface area contributed by atoms with Gasteiger partial charge in [-0.1, -0.05) is 23.4 Å². The number of hydrogen-bond donors (Lipinski definition) is 2. The highest BCUT2D eigenvalue weighted by atomic mass is 35.5. The molecule has 2 heterocycles. The fourth-order valence-electron chi connectivity index (χ4n) is 2.42. The molecule has 0 saturated carbocycles. The minimum Gasteiger partial charge on any atom is -0.327 e. The highest BCUT2D eigenvalue weighted by molar-refractivity contribution is 7.99. The van der Waals surface area contributed by atoms with Gasteiger partial charge in [0.15, 0.2) is 16.3 Å². The van der Waals surface area contributed by atoms with E-state index in [0.29, 0.717) is 0 Å². The predicted molar refractivity (Wildman–Crippen MR) is 104 cm³/mol. The van der Waals surface area contributed by atoms with E-state index in [1.54, 1.807) is 0 Å². The van der Waals surface area contributed by atoms with Crippen LogP contribution < -0.4 is 16.6 Å². The molecule has 3 aromatic rings. The minimum atomic E-state index is -0.597. The first-order valence-corrected chi connectivity index (χ1v) is 9.07. The molecule has 0 aliphatic carbocycles. The number of aromatic nitrogens is 4. The van der Waals surface area contributed by atoms with Crippen LogP contribution in [0.4, 0.5) is 11.4 Å². The number of rotatable bonds is 5. The van der Waals surface area contributed by atoms with Gasteiger partial charge in [-0.25, -0.2) is 9.78 Å². The maximum absolute atomic E-state index is 12.2. The quantitative estimate of drug-likeness (QED) is 0.356. The van der Waals surface area contributed by atoms with Crippen LogP contribution in [0.3, 0.4) is 0 Å². The van der Waals surface area contributed by atoms with Crippen LogP contribution in [0.15, 0.2) is 32.9 Å². The molecule has 13 heteroatoms. The third kappa shape index (κ3) is 3.64. The molecule has 0 radical (unpaired) electrons. The molecule has 0 aliphatic rings. The lowest BCUT2D eigenvalue weighted by Gasteiger charge is -2.06. The minimum absolute atomic E-state index is 0.104. The van der Waals surface area contributed by atoms with E-state index in [-0.39, 0.29) is 38.5 Å². The fraction of sp³-hybridized carbons (Fsp3) is 0.200. The molecule has 0 aliphatic heterocycles. The Kier molecular flexibility index (Phi) is 5.25. The number of anilines is 1. The first-order valence-electron chi connectivity index (χ1n) is 7.71. The summed E-state index contributed by atoms with van der Waals surface area (Å²) in [5, 5.41) is 13.8. The van der Waals surface area contributed by atoms with Gasteiger partial charge in [-0.15, -0.1) is 0 Å². The molecule has 2 N–H and O–H groups in total. The number of aryl methyl sites for hydroxylation is 1. The van der Waals surface area contributed by atoms with Crippen molar-refractivity contribution in [2.75, 3.05) is 11.1 Å². The summed E-state index contributed by atoms with van der Waals surface area (Å²) in [5.74, 6) is -0.581. The molecule has 0 bridgehead atoms. The van der Waals surface area contributed by atoms with Gasteiger partial charge >= 0.3 is 5.69 Å². The van der Waals surface area contributed by atoms with E-state index in [2.05, 4.69) is 15.3 Å². The Bertz CT molecular complexity index is 1230. The molecule has 3 rings (SSSR count). The first kappa shape index (κ1) is 19.6.